The quantitative estimate of drug-likeness (QED) is 0.629. The van der Waals surface area contributed by atoms with Gasteiger partial charge in [-0.1, -0.05) is 34.1 Å². The van der Waals surface area contributed by atoms with E-state index in [0.29, 0.717) is 24.3 Å². The predicted octanol–water partition coefficient (Wildman–Crippen LogP) is 4.89. The summed E-state index contributed by atoms with van der Waals surface area (Å²) in [7, 11) is 0. The van der Waals surface area contributed by atoms with Crippen molar-refractivity contribution in [3.05, 3.63) is 34.2 Å². The molecule has 1 aromatic carbocycles. The third-order valence-corrected chi connectivity index (χ3v) is 4.24. The van der Waals surface area contributed by atoms with Crippen molar-refractivity contribution in [1.82, 2.24) is 4.57 Å². The first kappa shape index (κ1) is 24.3. The summed E-state index contributed by atoms with van der Waals surface area (Å²) in [6.07, 6.45) is 2.05. The molecule has 28 heavy (non-hydrogen) atoms. The predicted molar refractivity (Wildman–Crippen MR) is 119 cm³/mol. The molecule has 0 radical (unpaired) electrons. The van der Waals surface area contributed by atoms with Crippen LogP contribution in [0.5, 0.6) is 11.5 Å². The summed E-state index contributed by atoms with van der Waals surface area (Å²) < 4.78 is 13.8. The lowest BCUT2D eigenvalue weighted by atomic mass is 9.96. The second kappa shape index (κ2) is 10.2. The van der Waals surface area contributed by atoms with Crippen LogP contribution in [0, 0.1) is 5.41 Å². The smallest absolute Gasteiger partial charge is 0.258 e. The molecule has 0 amide bonds. The number of aromatic nitrogens is 1. The van der Waals surface area contributed by atoms with Gasteiger partial charge in [0.2, 0.25) is 0 Å². The van der Waals surface area contributed by atoms with E-state index in [1.807, 2.05) is 32.0 Å². The summed E-state index contributed by atoms with van der Waals surface area (Å²) in [4.78, 5) is 13.2. The molecule has 0 atom stereocenters. The van der Waals surface area contributed by atoms with Crippen molar-refractivity contribution in [2.75, 3.05) is 6.61 Å². The maximum atomic E-state index is 13.2. The van der Waals surface area contributed by atoms with E-state index in [0.717, 1.165) is 29.7 Å². The van der Waals surface area contributed by atoms with Gasteiger partial charge in [0.25, 0.3) is 5.56 Å². The van der Waals surface area contributed by atoms with Crippen molar-refractivity contribution in [1.29, 1.82) is 0 Å². The zero-order chi connectivity index (χ0) is 20.2. The van der Waals surface area contributed by atoms with Gasteiger partial charge in [0.1, 0.15) is 11.5 Å². The maximum absolute atomic E-state index is 13.2. The van der Waals surface area contributed by atoms with Crippen LogP contribution in [0.25, 0.3) is 10.8 Å². The lowest BCUT2D eigenvalue weighted by Crippen LogP contribution is -2.31. The minimum absolute atomic E-state index is 0. The maximum Gasteiger partial charge on any atom is 0.258 e. The van der Waals surface area contributed by atoms with Crippen molar-refractivity contribution < 1.29 is 9.47 Å². The van der Waals surface area contributed by atoms with Crippen molar-refractivity contribution >= 4 is 23.2 Å². The van der Waals surface area contributed by atoms with Crippen molar-refractivity contribution in [3.8, 4) is 11.5 Å². The van der Waals surface area contributed by atoms with Crippen molar-refractivity contribution in [2.45, 2.75) is 73.6 Å². The first-order valence-electron chi connectivity index (χ1n) is 9.87. The van der Waals surface area contributed by atoms with Crippen LogP contribution in [-0.2, 0) is 13.1 Å². The lowest BCUT2D eigenvalue weighted by Gasteiger charge is -2.25. The molecule has 0 bridgehead atoms. The van der Waals surface area contributed by atoms with Crippen LogP contribution in [0.1, 0.15) is 60.1 Å². The number of unbranched alkanes of at least 4 members (excludes halogenated alkanes) is 1. The molecule has 6 heteroatoms. The molecule has 0 fully saturated rings. The van der Waals surface area contributed by atoms with Gasteiger partial charge in [-0.15, -0.1) is 12.4 Å². The molecule has 1 heterocycles. The number of benzene rings is 1. The first-order chi connectivity index (χ1) is 12.7. The molecular weight excluding hydrogens is 376 g/mol. The van der Waals surface area contributed by atoms with Crippen LogP contribution in [-0.4, -0.2) is 17.3 Å². The summed E-state index contributed by atoms with van der Waals surface area (Å²) in [6.45, 7) is 13.9. The number of nitrogens with zero attached hydrogens (tertiary/aromatic N) is 1. The second-order valence-electron chi connectivity index (χ2n) is 8.51. The van der Waals surface area contributed by atoms with Crippen LogP contribution in [0.3, 0.4) is 0 Å². The van der Waals surface area contributed by atoms with Gasteiger partial charge in [-0.25, -0.2) is 0 Å². The fourth-order valence-electron chi connectivity index (χ4n) is 3.11. The molecule has 1 aromatic heterocycles. The Kier molecular flexibility index (Phi) is 8.83. The molecule has 2 rings (SSSR count). The van der Waals surface area contributed by atoms with E-state index in [9.17, 15) is 4.79 Å². The van der Waals surface area contributed by atoms with E-state index in [1.165, 1.54) is 0 Å². The Morgan fingerprint density at radius 3 is 2.39 bits per heavy atom. The monoisotopic (exact) mass is 410 g/mol. The van der Waals surface area contributed by atoms with Crippen molar-refractivity contribution in [2.24, 2.45) is 11.1 Å². The summed E-state index contributed by atoms with van der Waals surface area (Å²) >= 11 is 0. The molecule has 2 N–H and O–H groups in total. The number of halogens is 1. The zero-order valence-electron chi connectivity index (χ0n) is 18.0. The molecule has 5 nitrogen and oxygen atoms in total. The molecule has 0 saturated carbocycles. The summed E-state index contributed by atoms with van der Waals surface area (Å²) in [6, 6.07) is 5.59. The highest BCUT2D eigenvalue weighted by molar-refractivity contribution is 5.89. The number of rotatable bonds is 8. The Labute approximate surface area is 174 Å². The Morgan fingerprint density at radius 1 is 1.18 bits per heavy atom. The Bertz CT molecular complexity index is 838. The SMILES string of the molecule is CCCCOc1c(CN)n(CC(C)(C)C)c(=O)c2ccc(OC(C)C)cc12.Cl. The van der Waals surface area contributed by atoms with Crippen LogP contribution < -0.4 is 20.8 Å². The number of nitrogens with two attached hydrogens (primary N) is 1. The highest BCUT2D eigenvalue weighted by Crippen LogP contribution is 2.32. The summed E-state index contributed by atoms with van der Waals surface area (Å²) in [5.41, 5.74) is 6.75. The van der Waals surface area contributed by atoms with Crippen LogP contribution >= 0.6 is 12.4 Å². The molecule has 0 saturated heterocycles. The highest BCUT2D eigenvalue weighted by atomic mass is 35.5. The van der Waals surface area contributed by atoms with Crippen LogP contribution in [0.2, 0.25) is 0 Å². The van der Waals surface area contributed by atoms with E-state index in [4.69, 9.17) is 15.2 Å². The Morgan fingerprint density at radius 2 is 1.86 bits per heavy atom. The molecule has 0 aliphatic heterocycles. The Hall–Kier alpha value is -1.72. The van der Waals surface area contributed by atoms with Gasteiger partial charge < -0.3 is 19.8 Å². The van der Waals surface area contributed by atoms with E-state index in [-0.39, 0.29) is 36.0 Å². The molecule has 0 aliphatic carbocycles. The number of fused-ring (bicyclic) bond motifs is 1. The van der Waals surface area contributed by atoms with Gasteiger partial charge in [0.05, 0.1) is 23.8 Å². The van der Waals surface area contributed by atoms with E-state index >= 15 is 0 Å². The fourth-order valence-corrected chi connectivity index (χ4v) is 3.11. The number of hydrogen-bond donors (Lipinski definition) is 1. The highest BCUT2D eigenvalue weighted by Gasteiger charge is 2.21. The minimum atomic E-state index is -0.0528. The average molecular weight is 411 g/mol. The number of pyridine rings is 1. The third-order valence-electron chi connectivity index (χ3n) is 4.24. The number of ether oxygens (including phenoxy) is 2. The van der Waals surface area contributed by atoms with Gasteiger partial charge in [-0.05, 0) is 43.9 Å². The standard InChI is InChI=1S/C22H34N2O3.ClH/c1-7-8-11-26-20-18-12-16(27-15(2)3)9-10-17(18)21(25)24(19(20)13-23)14-22(4,5)6;/h9-10,12,15H,7-8,11,13-14,23H2,1-6H3;1H. The lowest BCUT2D eigenvalue weighted by molar-refractivity contribution is 0.242. The average Bonchev–Trinajstić information content (AvgIpc) is 2.57. The largest absolute Gasteiger partial charge is 0.491 e. The molecule has 0 spiro atoms. The van der Waals surface area contributed by atoms with Gasteiger partial charge >= 0.3 is 0 Å². The number of hydrogen-bond acceptors (Lipinski definition) is 4. The molecule has 2 aromatic rings. The van der Waals surface area contributed by atoms with E-state index < -0.39 is 0 Å². The van der Waals surface area contributed by atoms with E-state index in [1.54, 1.807) is 4.57 Å². The second-order valence-corrected chi connectivity index (χ2v) is 8.51. The van der Waals surface area contributed by atoms with Crippen LogP contribution in [0.15, 0.2) is 23.0 Å². The van der Waals surface area contributed by atoms with Gasteiger partial charge in [0.15, 0.2) is 0 Å². The van der Waals surface area contributed by atoms with E-state index in [2.05, 4.69) is 27.7 Å². The van der Waals surface area contributed by atoms with Crippen LogP contribution in [0.4, 0.5) is 0 Å². The molecular formula is C22H35ClN2O3. The molecule has 0 unspecified atom stereocenters. The van der Waals surface area contributed by atoms with Gasteiger partial charge in [0, 0.05) is 18.5 Å². The third kappa shape index (κ3) is 5.89. The fraction of sp³-hybridized carbons (Fsp3) is 0.591. The zero-order valence-corrected chi connectivity index (χ0v) is 18.8. The topological polar surface area (TPSA) is 66.5 Å². The first-order valence-corrected chi connectivity index (χ1v) is 9.87. The van der Waals surface area contributed by atoms with Gasteiger partial charge in [-0.2, -0.15) is 0 Å². The normalized spacial score (nSPS) is 11.6. The Balaban J connectivity index is 0.00000392. The summed E-state index contributed by atoms with van der Waals surface area (Å²) in [5.74, 6) is 1.44. The molecule has 0 aliphatic rings. The van der Waals surface area contributed by atoms with Crippen molar-refractivity contribution in [3.63, 3.8) is 0 Å². The molecule has 158 valence electrons. The van der Waals surface area contributed by atoms with Gasteiger partial charge in [-0.3, -0.25) is 4.79 Å². The summed E-state index contributed by atoms with van der Waals surface area (Å²) in [5, 5.41) is 1.42. The minimum Gasteiger partial charge on any atom is -0.491 e.